The summed E-state index contributed by atoms with van der Waals surface area (Å²) >= 11 is 0. The molecule has 1 rings (SSSR count). The molecule has 1 aromatic rings. The van der Waals surface area contributed by atoms with E-state index in [1.807, 2.05) is 0 Å². The number of nitrogens with zero attached hydrogens (tertiary/aromatic N) is 3. The Labute approximate surface area is 56.1 Å². The Balaban J connectivity index is 2.95. The minimum Gasteiger partial charge on any atom is -0.294 e. The molecule has 5 heteroatoms. The van der Waals surface area contributed by atoms with Gasteiger partial charge in [-0.3, -0.25) is 9.59 Å². The molecule has 0 aromatic carbocycles. The lowest BCUT2D eigenvalue weighted by Crippen LogP contribution is -2.04. The summed E-state index contributed by atoms with van der Waals surface area (Å²) in [6.45, 7) is 0. The molecule has 0 amide bonds. The van der Waals surface area contributed by atoms with Crippen LogP contribution in [-0.4, -0.2) is 27.5 Å². The van der Waals surface area contributed by atoms with E-state index in [1.165, 1.54) is 12.3 Å². The molecule has 0 saturated carbocycles. The average molecular weight is 137 g/mol. The summed E-state index contributed by atoms with van der Waals surface area (Å²) in [5.74, 6) is -0.685. The molecule has 0 spiro atoms. The van der Waals surface area contributed by atoms with E-state index in [2.05, 4.69) is 15.4 Å². The third-order valence-corrected chi connectivity index (χ3v) is 0.863. The van der Waals surface area contributed by atoms with Crippen LogP contribution in [0.5, 0.6) is 0 Å². The van der Waals surface area contributed by atoms with Gasteiger partial charge >= 0.3 is 0 Å². The van der Waals surface area contributed by atoms with E-state index >= 15 is 0 Å². The van der Waals surface area contributed by atoms with Crippen LogP contribution in [0, 0.1) is 0 Å². The number of Topliss-reactive ketones (excluding diaryl/α,β-unsaturated/α-hetero) is 1. The van der Waals surface area contributed by atoms with Crippen molar-refractivity contribution in [2.24, 2.45) is 0 Å². The highest BCUT2D eigenvalue weighted by atomic mass is 16.2. The van der Waals surface area contributed by atoms with Crippen molar-refractivity contribution in [2.45, 2.75) is 0 Å². The van der Waals surface area contributed by atoms with Gasteiger partial charge in [0, 0.05) is 0 Å². The summed E-state index contributed by atoms with van der Waals surface area (Å²) in [6.07, 6.45) is 1.48. The number of aromatic nitrogens is 3. The Bertz CT molecular complexity index is 246. The minimum atomic E-state index is -0.685. The zero-order chi connectivity index (χ0) is 7.40. The zero-order valence-electron chi connectivity index (χ0n) is 4.89. The van der Waals surface area contributed by atoms with Crippen molar-refractivity contribution in [2.75, 3.05) is 0 Å². The first kappa shape index (κ1) is 6.47. The largest absolute Gasteiger partial charge is 0.294 e. The highest BCUT2D eigenvalue weighted by Gasteiger charge is 2.03. The number of hydrogen-bond acceptors (Lipinski definition) is 5. The Hall–Kier alpha value is -1.65. The Morgan fingerprint density at radius 3 is 2.90 bits per heavy atom. The van der Waals surface area contributed by atoms with Crippen LogP contribution in [0.25, 0.3) is 0 Å². The molecule has 1 heterocycles. The zero-order valence-corrected chi connectivity index (χ0v) is 4.89. The summed E-state index contributed by atoms with van der Waals surface area (Å²) in [5.41, 5.74) is 0.0185. The van der Waals surface area contributed by atoms with Crippen LogP contribution in [0.15, 0.2) is 12.3 Å². The van der Waals surface area contributed by atoms with Gasteiger partial charge in [0.05, 0.1) is 6.20 Å². The van der Waals surface area contributed by atoms with Gasteiger partial charge in [-0.25, -0.2) is 0 Å². The number of hydrogen-bond donors (Lipinski definition) is 0. The van der Waals surface area contributed by atoms with E-state index in [1.54, 1.807) is 0 Å². The topological polar surface area (TPSA) is 72.8 Å². The van der Waals surface area contributed by atoms with Gasteiger partial charge < -0.3 is 0 Å². The van der Waals surface area contributed by atoms with Crippen LogP contribution in [0.2, 0.25) is 0 Å². The standard InChI is InChI=1S/C5H3N3O2/c9-3-5(10)4-1-2-6-8-7-4/h1-3H. The van der Waals surface area contributed by atoms with E-state index in [0.29, 0.717) is 0 Å². The van der Waals surface area contributed by atoms with Crippen molar-refractivity contribution in [3.8, 4) is 0 Å². The number of carbonyl (C=O) groups is 2. The summed E-state index contributed by atoms with van der Waals surface area (Å²) in [5, 5.41) is 9.81. The summed E-state index contributed by atoms with van der Waals surface area (Å²) < 4.78 is 0. The Morgan fingerprint density at radius 1 is 1.60 bits per heavy atom. The summed E-state index contributed by atoms with van der Waals surface area (Å²) in [4.78, 5) is 20.4. The molecular formula is C5H3N3O2. The normalized spacial score (nSPS) is 8.80. The van der Waals surface area contributed by atoms with Gasteiger partial charge in [-0.2, -0.15) is 0 Å². The van der Waals surface area contributed by atoms with Crippen molar-refractivity contribution in [1.29, 1.82) is 0 Å². The molecule has 0 aliphatic heterocycles. The minimum absolute atomic E-state index is 0.0185. The molecule has 5 nitrogen and oxygen atoms in total. The fraction of sp³-hybridized carbons (Fsp3) is 0. The quantitative estimate of drug-likeness (QED) is 0.304. The van der Waals surface area contributed by atoms with Gasteiger partial charge in [0.1, 0.15) is 5.69 Å². The Kier molecular flexibility index (Phi) is 1.79. The lowest BCUT2D eigenvalue weighted by Gasteiger charge is -1.85. The van der Waals surface area contributed by atoms with Gasteiger partial charge in [0.2, 0.25) is 5.78 Å². The fourth-order valence-corrected chi connectivity index (χ4v) is 0.433. The first-order valence-corrected chi connectivity index (χ1v) is 2.48. The highest BCUT2D eigenvalue weighted by molar-refractivity contribution is 6.32. The molecule has 0 radical (unpaired) electrons. The third-order valence-electron chi connectivity index (χ3n) is 0.863. The summed E-state index contributed by atoms with van der Waals surface area (Å²) in [7, 11) is 0. The van der Waals surface area contributed by atoms with Crippen molar-refractivity contribution in [1.82, 2.24) is 15.4 Å². The van der Waals surface area contributed by atoms with Gasteiger partial charge in [0.15, 0.2) is 6.29 Å². The van der Waals surface area contributed by atoms with Gasteiger partial charge in [-0.1, -0.05) is 0 Å². The molecule has 0 unspecified atom stereocenters. The number of rotatable bonds is 2. The molecule has 0 atom stereocenters. The molecule has 0 aliphatic rings. The molecule has 0 bridgehead atoms. The SMILES string of the molecule is O=CC(=O)c1ccnnn1. The Morgan fingerprint density at radius 2 is 2.40 bits per heavy atom. The first-order valence-electron chi connectivity index (χ1n) is 2.48. The molecule has 0 N–H and O–H groups in total. The molecular weight excluding hydrogens is 134 g/mol. The van der Waals surface area contributed by atoms with Crippen molar-refractivity contribution < 1.29 is 9.59 Å². The third kappa shape index (κ3) is 1.19. The smallest absolute Gasteiger partial charge is 0.245 e. The molecule has 10 heavy (non-hydrogen) atoms. The molecule has 50 valence electrons. The van der Waals surface area contributed by atoms with Gasteiger partial charge in [-0.15, -0.1) is 10.2 Å². The second-order valence-corrected chi connectivity index (χ2v) is 1.49. The van der Waals surface area contributed by atoms with E-state index in [0.717, 1.165) is 0 Å². The van der Waals surface area contributed by atoms with Gasteiger partial charge in [0.25, 0.3) is 0 Å². The lowest BCUT2D eigenvalue weighted by atomic mass is 10.3. The van der Waals surface area contributed by atoms with E-state index in [9.17, 15) is 9.59 Å². The maximum atomic E-state index is 10.5. The number of ketones is 1. The van der Waals surface area contributed by atoms with E-state index < -0.39 is 5.78 Å². The van der Waals surface area contributed by atoms with Crippen LogP contribution in [-0.2, 0) is 4.79 Å². The fourth-order valence-electron chi connectivity index (χ4n) is 0.433. The summed E-state index contributed by atoms with van der Waals surface area (Å²) in [6, 6.07) is 1.32. The molecule has 0 aliphatic carbocycles. The first-order chi connectivity index (χ1) is 4.84. The van der Waals surface area contributed by atoms with Crippen molar-refractivity contribution in [3.05, 3.63) is 18.0 Å². The van der Waals surface area contributed by atoms with E-state index in [-0.39, 0.29) is 12.0 Å². The van der Waals surface area contributed by atoms with E-state index in [4.69, 9.17) is 0 Å². The van der Waals surface area contributed by atoms with Crippen molar-refractivity contribution in [3.63, 3.8) is 0 Å². The highest BCUT2D eigenvalue weighted by Crippen LogP contribution is 1.87. The van der Waals surface area contributed by atoms with Gasteiger partial charge in [-0.05, 0) is 11.3 Å². The molecule has 1 aromatic heterocycles. The average Bonchev–Trinajstić information content (AvgIpc) is 2.05. The maximum absolute atomic E-state index is 10.5. The van der Waals surface area contributed by atoms with Crippen LogP contribution in [0.4, 0.5) is 0 Å². The molecule has 0 saturated heterocycles. The predicted molar refractivity (Wildman–Crippen MR) is 30.2 cm³/mol. The van der Waals surface area contributed by atoms with Crippen LogP contribution in [0.1, 0.15) is 10.5 Å². The molecule has 0 fully saturated rings. The lowest BCUT2D eigenvalue weighted by molar-refractivity contribution is -0.104. The maximum Gasteiger partial charge on any atom is 0.245 e. The second kappa shape index (κ2) is 2.77. The second-order valence-electron chi connectivity index (χ2n) is 1.49. The monoisotopic (exact) mass is 137 g/mol. The number of carbonyl (C=O) groups excluding carboxylic acids is 2. The van der Waals surface area contributed by atoms with Crippen LogP contribution < -0.4 is 0 Å². The number of aldehydes is 1. The predicted octanol–water partition coefficient (Wildman–Crippen LogP) is -0.747. The van der Waals surface area contributed by atoms with Crippen LogP contribution in [0.3, 0.4) is 0 Å². The van der Waals surface area contributed by atoms with Crippen LogP contribution >= 0.6 is 0 Å². The van der Waals surface area contributed by atoms with Crippen molar-refractivity contribution >= 4 is 12.1 Å².